The van der Waals surface area contributed by atoms with Crippen LogP contribution in [0.5, 0.6) is 0 Å². The van der Waals surface area contributed by atoms with Crippen molar-refractivity contribution in [3.63, 3.8) is 0 Å². The fourth-order valence-electron chi connectivity index (χ4n) is 2.82. The minimum Gasteiger partial charge on any atom is -0.393 e. The lowest BCUT2D eigenvalue weighted by Crippen LogP contribution is -2.39. The molecular weight excluding hydrogens is 214 g/mol. The minimum atomic E-state index is -0.188. The van der Waals surface area contributed by atoms with Gasteiger partial charge < -0.3 is 9.84 Å². The molecule has 2 unspecified atom stereocenters. The van der Waals surface area contributed by atoms with Crippen molar-refractivity contribution in [2.45, 2.75) is 25.6 Å². The average Bonchev–Trinajstić information content (AvgIpc) is 2.74. The Bertz CT molecular complexity index is 369. The van der Waals surface area contributed by atoms with Crippen LogP contribution in [0, 0.1) is 5.92 Å². The molecule has 3 rings (SSSR count). The van der Waals surface area contributed by atoms with E-state index in [4.69, 9.17) is 4.74 Å². The number of benzene rings is 1. The lowest BCUT2D eigenvalue weighted by Gasteiger charge is -2.30. The first-order valence-electron chi connectivity index (χ1n) is 6.38. The molecule has 1 saturated heterocycles. The van der Waals surface area contributed by atoms with Crippen LogP contribution in [0.25, 0.3) is 0 Å². The van der Waals surface area contributed by atoms with E-state index in [0.29, 0.717) is 13.2 Å². The number of aliphatic hydroxyl groups excluding tert-OH is 1. The predicted octanol–water partition coefficient (Wildman–Crippen LogP) is 1.40. The summed E-state index contributed by atoms with van der Waals surface area (Å²) in [7, 11) is 0. The lowest BCUT2D eigenvalue weighted by atomic mass is 9.98. The summed E-state index contributed by atoms with van der Waals surface area (Å²) >= 11 is 0. The van der Waals surface area contributed by atoms with E-state index >= 15 is 0 Å². The van der Waals surface area contributed by atoms with Crippen LogP contribution >= 0.6 is 0 Å². The van der Waals surface area contributed by atoms with E-state index in [1.807, 2.05) is 0 Å². The Balaban J connectivity index is 1.61. The highest BCUT2D eigenvalue weighted by Crippen LogP contribution is 2.25. The Labute approximate surface area is 102 Å². The van der Waals surface area contributed by atoms with Crippen molar-refractivity contribution in [1.82, 2.24) is 4.90 Å². The van der Waals surface area contributed by atoms with Gasteiger partial charge in [0.1, 0.15) is 0 Å². The summed E-state index contributed by atoms with van der Waals surface area (Å²) < 4.78 is 5.45. The van der Waals surface area contributed by atoms with Crippen molar-refractivity contribution in [2.24, 2.45) is 5.92 Å². The molecule has 17 heavy (non-hydrogen) atoms. The SMILES string of the molecule is OC1CCOCC1CN1Cc2ccccc2C1. The fraction of sp³-hybridized carbons (Fsp3) is 0.571. The van der Waals surface area contributed by atoms with Crippen molar-refractivity contribution >= 4 is 0 Å². The van der Waals surface area contributed by atoms with E-state index in [-0.39, 0.29) is 12.0 Å². The van der Waals surface area contributed by atoms with Crippen molar-refractivity contribution in [1.29, 1.82) is 0 Å². The zero-order chi connectivity index (χ0) is 11.7. The average molecular weight is 233 g/mol. The van der Waals surface area contributed by atoms with E-state index < -0.39 is 0 Å². The van der Waals surface area contributed by atoms with Gasteiger partial charge in [-0.3, -0.25) is 4.90 Å². The Morgan fingerprint density at radius 3 is 2.59 bits per heavy atom. The fourth-order valence-corrected chi connectivity index (χ4v) is 2.82. The molecule has 1 fully saturated rings. The molecule has 0 aromatic heterocycles. The van der Waals surface area contributed by atoms with Crippen molar-refractivity contribution in [3.8, 4) is 0 Å². The van der Waals surface area contributed by atoms with Gasteiger partial charge in [-0.2, -0.15) is 0 Å². The van der Waals surface area contributed by atoms with Gasteiger partial charge in [-0.15, -0.1) is 0 Å². The van der Waals surface area contributed by atoms with Crippen LogP contribution in [0.3, 0.4) is 0 Å². The Morgan fingerprint density at radius 2 is 1.94 bits per heavy atom. The molecule has 3 heteroatoms. The van der Waals surface area contributed by atoms with E-state index in [2.05, 4.69) is 29.2 Å². The van der Waals surface area contributed by atoms with Gasteiger partial charge in [0.2, 0.25) is 0 Å². The van der Waals surface area contributed by atoms with E-state index in [0.717, 1.165) is 26.1 Å². The highest BCUT2D eigenvalue weighted by atomic mass is 16.5. The minimum absolute atomic E-state index is 0.188. The summed E-state index contributed by atoms with van der Waals surface area (Å²) in [5, 5.41) is 9.94. The molecule has 1 aromatic carbocycles. The van der Waals surface area contributed by atoms with Gasteiger partial charge in [0, 0.05) is 32.2 Å². The summed E-state index contributed by atoms with van der Waals surface area (Å²) in [6.45, 7) is 4.38. The van der Waals surface area contributed by atoms with Gasteiger partial charge in [-0.05, 0) is 17.5 Å². The van der Waals surface area contributed by atoms with Crippen LogP contribution in [-0.4, -0.2) is 35.9 Å². The lowest BCUT2D eigenvalue weighted by molar-refractivity contribution is -0.0471. The van der Waals surface area contributed by atoms with Crippen LogP contribution < -0.4 is 0 Å². The van der Waals surface area contributed by atoms with Gasteiger partial charge in [-0.25, -0.2) is 0 Å². The molecule has 0 radical (unpaired) electrons. The first-order chi connectivity index (χ1) is 8.33. The second kappa shape index (κ2) is 4.77. The molecule has 0 aliphatic carbocycles. The van der Waals surface area contributed by atoms with Crippen molar-refractivity contribution in [3.05, 3.63) is 35.4 Å². The van der Waals surface area contributed by atoms with Gasteiger partial charge >= 0.3 is 0 Å². The first-order valence-corrected chi connectivity index (χ1v) is 6.38. The summed E-state index contributed by atoms with van der Waals surface area (Å²) in [4.78, 5) is 2.41. The zero-order valence-corrected chi connectivity index (χ0v) is 10.0. The maximum absolute atomic E-state index is 9.94. The van der Waals surface area contributed by atoms with Gasteiger partial charge in [0.15, 0.2) is 0 Å². The van der Waals surface area contributed by atoms with Gasteiger partial charge in [0.05, 0.1) is 12.7 Å². The molecule has 0 bridgehead atoms. The maximum Gasteiger partial charge on any atom is 0.0624 e. The Morgan fingerprint density at radius 1 is 1.24 bits per heavy atom. The van der Waals surface area contributed by atoms with E-state index in [1.54, 1.807) is 0 Å². The smallest absolute Gasteiger partial charge is 0.0624 e. The summed E-state index contributed by atoms with van der Waals surface area (Å²) in [5.74, 6) is 0.276. The molecule has 2 aliphatic heterocycles. The second-order valence-electron chi connectivity index (χ2n) is 5.13. The highest BCUT2D eigenvalue weighted by molar-refractivity contribution is 5.30. The summed E-state index contributed by atoms with van der Waals surface area (Å²) in [6, 6.07) is 8.59. The van der Waals surface area contributed by atoms with Gasteiger partial charge in [-0.1, -0.05) is 24.3 Å². The number of nitrogens with zero attached hydrogens (tertiary/aromatic N) is 1. The number of rotatable bonds is 2. The predicted molar refractivity (Wildman–Crippen MR) is 65.5 cm³/mol. The molecule has 2 aliphatic rings. The normalized spacial score (nSPS) is 29.2. The number of hydrogen-bond donors (Lipinski definition) is 1. The van der Waals surface area contributed by atoms with Crippen LogP contribution in [0.2, 0.25) is 0 Å². The number of aliphatic hydroxyl groups is 1. The molecule has 0 amide bonds. The highest BCUT2D eigenvalue weighted by Gasteiger charge is 2.28. The number of hydrogen-bond acceptors (Lipinski definition) is 3. The Kier molecular flexibility index (Phi) is 3.14. The van der Waals surface area contributed by atoms with Crippen LogP contribution in [-0.2, 0) is 17.8 Å². The molecule has 92 valence electrons. The number of fused-ring (bicyclic) bond motifs is 1. The quantitative estimate of drug-likeness (QED) is 0.838. The van der Waals surface area contributed by atoms with Crippen LogP contribution in [0.4, 0.5) is 0 Å². The largest absolute Gasteiger partial charge is 0.393 e. The molecule has 0 saturated carbocycles. The third-order valence-corrected chi connectivity index (χ3v) is 3.83. The second-order valence-corrected chi connectivity index (χ2v) is 5.13. The van der Waals surface area contributed by atoms with Crippen molar-refractivity contribution < 1.29 is 9.84 Å². The van der Waals surface area contributed by atoms with Crippen LogP contribution in [0.15, 0.2) is 24.3 Å². The van der Waals surface area contributed by atoms with Crippen LogP contribution in [0.1, 0.15) is 17.5 Å². The first kappa shape index (κ1) is 11.2. The summed E-state index contributed by atoms with van der Waals surface area (Å²) in [6.07, 6.45) is 0.596. The molecule has 1 aromatic rings. The molecular formula is C14H19NO2. The third kappa shape index (κ3) is 2.37. The molecule has 2 atom stereocenters. The zero-order valence-electron chi connectivity index (χ0n) is 10.0. The molecule has 3 nitrogen and oxygen atoms in total. The summed E-state index contributed by atoms with van der Waals surface area (Å²) in [5.41, 5.74) is 2.86. The third-order valence-electron chi connectivity index (χ3n) is 3.83. The molecule has 1 N–H and O–H groups in total. The maximum atomic E-state index is 9.94. The Hall–Kier alpha value is -0.900. The van der Waals surface area contributed by atoms with Crippen molar-refractivity contribution in [2.75, 3.05) is 19.8 Å². The standard InChI is InChI=1S/C14H19NO2/c16-14-5-6-17-10-13(14)9-15-7-11-3-1-2-4-12(11)8-15/h1-4,13-14,16H,5-10H2. The van der Waals surface area contributed by atoms with Gasteiger partial charge in [0.25, 0.3) is 0 Å². The monoisotopic (exact) mass is 233 g/mol. The topological polar surface area (TPSA) is 32.7 Å². The molecule has 0 spiro atoms. The molecule has 2 heterocycles. The van der Waals surface area contributed by atoms with E-state index in [9.17, 15) is 5.11 Å². The number of ether oxygens (including phenoxy) is 1. The van der Waals surface area contributed by atoms with E-state index in [1.165, 1.54) is 11.1 Å².